The Bertz CT molecular complexity index is 323. The van der Waals surface area contributed by atoms with Crippen molar-refractivity contribution >= 4 is 21.9 Å². The molecule has 0 aromatic heterocycles. The molecule has 0 aromatic carbocycles. The van der Waals surface area contributed by atoms with Gasteiger partial charge in [-0.3, -0.25) is 14.1 Å². The van der Waals surface area contributed by atoms with E-state index >= 15 is 0 Å². The average Bonchev–Trinajstić information content (AvgIpc) is 1.98. The summed E-state index contributed by atoms with van der Waals surface area (Å²) in [6, 6.07) is 0. The summed E-state index contributed by atoms with van der Waals surface area (Å²) in [5.74, 6) is -1.98. The molecule has 0 aliphatic rings. The molecule has 0 fully saturated rings. The molecule has 0 spiro atoms. The van der Waals surface area contributed by atoms with Crippen LogP contribution in [-0.4, -0.2) is 30.2 Å². The summed E-state index contributed by atoms with van der Waals surface area (Å²) in [6.45, 7) is 1.70. The fourth-order valence-corrected chi connectivity index (χ4v) is 1.31. The van der Waals surface area contributed by atoms with Crippen LogP contribution in [0.2, 0.25) is 0 Å². The lowest BCUT2D eigenvalue weighted by atomic mass is 10.3. The maximum Gasteiger partial charge on any atom is 0.295 e. The van der Waals surface area contributed by atoms with E-state index in [2.05, 4.69) is 5.73 Å². The van der Waals surface area contributed by atoms with Crippen molar-refractivity contribution in [1.29, 1.82) is 0 Å². The molecule has 1 atom stereocenters. The SMILES string of the molecule is CCCC(=O)NC(C(N)=O)S(=O)(=O)O. The number of hydrogen-bond acceptors (Lipinski definition) is 4. The molecule has 0 bridgehead atoms. The molecule has 0 saturated carbocycles. The van der Waals surface area contributed by atoms with Crippen molar-refractivity contribution in [3.05, 3.63) is 0 Å². The van der Waals surface area contributed by atoms with Crippen LogP contribution in [0.3, 0.4) is 0 Å². The van der Waals surface area contributed by atoms with Crippen molar-refractivity contribution in [2.75, 3.05) is 0 Å². The highest BCUT2D eigenvalue weighted by molar-refractivity contribution is 7.87. The quantitative estimate of drug-likeness (QED) is 0.495. The number of rotatable bonds is 5. The standard InChI is InChI=1S/C6H12N2O5S/c1-2-3-4(9)8-6(5(7)10)14(11,12)13/h6H,2-3H2,1H3,(H2,7,10)(H,8,9)(H,11,12,13). The van der Waals surface area contributed by atoms with Gasteiger partial charge in [-0.25, -0.2) is 0 Å². The summed E-state index contributed by atoms with van der Waals surface area (Å²) in [6.07, 6.45) is 0.544. The Balaban J connectivity index is 4.57. The second-order valence-electron chi connectivity index (χ2n) is 2.61. The van der Waals surface area contributed by atoms with Gasteiger partial charge in [0.1, 0.15) is 0 Å². The van der Waals surface area contributed by atoms with Gasteiger partial charge in [-0.2, -0.15) is 8.42 Å². The second-order valence-corrected chi connectivity index (χ2v) is 4.12. The predicted molar refractivity (Wildman–Crippen MR) is 47.6 cm³/mol. The van der Waals surface area contributed by atoms with E-state index in [4.69, 9.17) is 4.55 Å². The van der Waals surface area contributed by atoms with Gasteiger partial charge in [0.2, 0.25) is 11.3 Å². The van der Waals surface area contributed by atoms with E-state index in [1.807, 2.05) is 0 Å². The van der Waals surface area contributed by atoms with E-state index < -0.39 is 27.3 Å². The molecule has 8 heteroatoms. The van der Waals surface area contributed by atoms with Crippen LogP contribution < -0.4 is 11.1 Å². The van der Waals surface area contributed by atoms with Crippen LogP contribution in [0.15, 0.2) is 0 Å². The molecule has 0 aromatic rings. The van der Waals surface area contributed by atoms with Gasteiger partial charge in [0.05, 0.1) is 0 Å². The van der Waals surface area contributed by atoms with Gasteiger partial charge in [-0.15, -0.1) is 0 Å². The Kier molecular flexibility index (Phi) is 4.51. The monoisotopic (exact) mass is 224 g/mol. The number of amides is 2. The normalized spacial score (nSPS) is 13.3. The van der Waals surface area contributed by atoms with Gasteiger partial charge in [0, 0.05) is 6.42 Å². The average molecular weight is 224 g/mol. The summed E-state index contributed by atoms with van der Waals surface area (Å²) in [7, 11) is -4.68. The minimum Gasteiger partial charge on any atom is -0.367 e. The first-order chi connectivity index (χ1) is 6.29. The number of carbonyl (C=O) groups excluding carboxylic acids is 2. The fraction of sp³-hybridized carbons (Fsp3) is 0.667. The molecule has 0 saturated heterocycles. The van der Waals surface area contributed by atoms with Crippen molar-refractivity contribution in [1.82, 2.24) is 5.32 Å². The largest absolute Gasteiger partial charge is 0.367 e. The Morgan fingerprint density at radius 3 is 2.29 bits per heavy atom. The van der Waals surface area contributed by atoms with E-state index in [1.165, 1.54) is 0 Å². The van der Waals surface area contributed by atoms with Crippen molar-refractivity contribution in [3.63, 3.8) is 0 Å². The zero-order valence-electron chi connectivity index (χ0n) is 7.56. The van der Waals surface area contributed by atoms with Crippen LogP contribution >= 0.6 is 0 Å². The minimum atomic E-state index is -4.68. The lowest BCUT2D eigenvalue weighted by Gasteiger charge is -2.11. The summed E-state index contributed by atoms with van der Waals surface area (Å²) in [4.78, 5) is 21.5. The maximum atomic E-state index is 10.9. The van der Waals surface area contributed by atoms with E-state index in [9.17, 15) is 18.0 Å². The summed E-state index contributed by atoms with van der Waals surface area (Å²) >= 11 is 0. The topological polar surface area (TPSA) is 127 Å². The predicted octanol–water partition coefficient (Wildman–Crippen LogP) is -1.40. The van der Waals surface area contributed by atoms with Crippen LogP contribution in [0.25, 0.3) is 0 Å². The third-order valence-corrected chi connectivity index (χ3v) is 2.27. The number of nitrogens with one attached hydrogen (secondary N) is 1. The van der Waals surface area contributed by atoms with Crippen molar-refractivity contribution in [2.24, 2.45) is 5.73 Å². The van der Waals surface area contributed by atoms with Gasteiger partial charge in [0.15, 0.2) is 0 Å². The maximum absolute atomic E-state index is 10.9. The summed E-state index contributed by atoms with van der Waals surface area (Å²) in [5, 5.41) is -0.262. The fourth-order valence-electron chi connectivity index (χ4n) is 0.738. The van der Waals surface area contributed by atoms with Crippen molar-refractivity contribution in [2.45, 2.75) is 25.1 Å². The molecular weight excluding hydrogens is 212 g/mol. The Morgan fingerprint density at radius 2 is 2.00 bits per heavy atom. The first-order valence-corrected chi connectivity index (χ1v) is 5.34. The van der Waals surface area contributed by atoms with Crippen molar-refractivity contribution in [3.8, 4) is 0 Å². The van der Waals surface area contributed by atoms with Gasteiger partial charge in [0.25, 0.3) is 16.0 Å². The van der Waals surface area contributed by atoms with Crippen molar-refractivity contribution < 1.29 is 22.6 Å². The smallest absolute Gasteiger partial charge is 0.295 e. The number of carbonyl (C=O) groups is 2. The van der Waals surface area contributed by atoms with Gasteiger partial charge < -0.3 is 11.1 Å². The Morgan fingerprint density at radius 1 is 1.50 bits per heavy atom. The van der Waals surface area contributed by atoms with Crippen LogP contribution in [0.5, 0.6) is 0 Å². The van der Waals surface area contributed by atoms with Crippen LogP contribution in [-0.2, 0) is 19.7 Å². The van der Waals surface area contributed by atoms with E-state index in [0.717, 1.165) is 0 Å². The van der Waals surface area contributed by atoms with Gasteiger partial charge in [-0.1, -0.05) is 6.92 Å². The Labute approximate surface area is 81.4 Å². The van der Waals surface area contributed by atoms with E-state index in [-0.39, 0.29) is 6.42 Å². The number of primary amides is 1. The van der Waals surface area contributed by atoms with E-state index in [1.54, 1.807) is 12.2 Å². The first-order valence-electron chi connectivity index (χ1n) is 3.84. The molecule has 0 radical (unpaired) electrons. The lowest BCUT2D eigenvalue weighted by molar-refractivity contribution is -0.125. The zero-order chi connectivity index (χ0) is 11.4. The highest BCUT2D eigenvalue weighted by atomic mass is 32.2. The van der Waals surface area contributed by atoms with Gasteiger partial charge in [-0.05, 0) is 6.42 Å². The minimum absolute atomic E-state index is 0.0549. The molecular formula is C6H12N2O5S. The van der Waals surface area contributed by atoms with Gasteiger partial charge >= 0.3 is 0 Å². The molecule has 14 heavy (non-hydrogen) atoms. The summed E-state index contributed by atoms with van der Waals surface area (Å²) < 4.78 is 29.6. The molecule has 82 valence electrons. The second kappa shape index (κ2) is 4.91. The highest BCUT2D eigenvalue weighted by Crippen LogP contribution is 1.96. The van der Waals surface area contributed by atoms with E-state index in [0.29, 0.717) is 6.42 Å². The molecule has 0 rings (SSSR count). The molecule has 7 nitrogen and oxygen atoms in total. The Hall–Kier alpha value is -1.15. The third-order valence-electron chi connectivity index (χ3n) is 1.33. The lowest BCUT2D eigenvalue weighted by Crippen LogP contribution is -2.49. The zero-order valence-corrected chi connectivity index (χ0v) is 8.37. The molecule has 2 amide bonds. The number of hydrogen-bond donors (Lipinski definition) is 3. The van der Waals surface area contributed by atoms with Crippen LogP contribution in [0.4, 0.5) is 0 Å². The number of nitrogens with two attached hydrogens (primary N) is 1. The first kappa shape index (κ1) is 12.8. The third kappa shape index (κ3) is 4.19. The molecule has 1 unspecified atom stereocenters. The highest BCUT2D eigenvalue weighted by Gasteiger charge is 2.30. The molecule has 4 N–H and O–H groups in total. The summed E-state index contributed by atoms with van der Waals surface area (Å²) in [5.41, 5.74) is 4.67. The van der Waals surface area contributed by atoms with Crippen LogP contribution in [0.1, 0.15) is 19.8 Å². The molecule has 0 heterocycles. The molecule has 0 aliphatic heterocycles. The van der Waals surface area contributed by atoms with Crippen LogP contribution in [0, 0.1) is 0 Å². The molecule has 0 aliphatic carbocycles.